The monoisotopic (exact) mass is 231 g/mol. The minimum atomic E-state index is -0.0125. The number of pyridine rings is 1. The van der Waals surface area contributed by atoms with Gasteiger partial charge in [0.05, 0.1) is 12.4 Å². The Morgan fingerprint density at radius 1 is 1.53 bits per heavy atom. The number of aromatic nitrogens is 3. The fourth-order valence-electron chi connectivity index (χ4n) is 1.38. The molecule has 88 valence electrons. The third-order valence-corrected chi connectivity index (χ3v) is 2.30. The molecule has 2 rings (SSSR count). The van der Waals surface area contributed by atoms with Crippen LogP contribution in [0.1, 0.15) is 24.2 Å². The summed E-state index contributed by atoms with van der Waals surface area (Å²) >= 11 is 0. The molecule has 2 heterocycles. The highest BCUT2D eigenvalue weighted by atomic mass is 16.5. The zero-order valence-corrected chi connectivity index (χ0v) is 9.75. The van der Waals surface area contributed by atoms with Crippen molar-refractivity contribution in [3.63, 3.8) is 0 Å². The average Bonchev–Trinajstić information content (AvgIpc) is 2.77. The summed E-state index contributed by atoms with van der Waals surface area (Å²) in [6, 6.07) is 3.27. The quantitative estimate of drug-likeness (QED) is 0.757. The minimum absolute atomic E-state index is 0.0125. The van der Waals surface area contributed by atoms with Crippen LogP contribution in [0, 0.1) is 0 Å². The van der Waals surface area contributed by atoms with E-state index in [4.69, 9.17) is 4.74 Å². The van der Waals surface area contributed by atoms with Gasteiger partial charge in [-0.15, -0.1) is 0 Å². The van der Waals surface area contributed by atoms with Gasteiger partial charge in [-0.25, -0.2) is 4.98 Å². The summed E-state index contributed by atoms with van der Waals surface area (Å²) in [7, 11) is 0. The molecule has 0 amide bonds. The van der Waals surface area contributed by atoms with Gasteiger partial charge in [0.2, 0.25) is 5.88 Å². The van der Waals surface area contributed by atoms with Crippen LogP contribution in [-0.4, -0.2) is 20.5 Å². The Bertz CT molecular complexity index is 534. The van der Waals surface area contributed by atoms with Crippen LogP contribution in [-0.2, 0) is 6.54 Å². The lowest BCUT2D eigenvalue weighted by molar-refractivity contribution is 0.101. The Labute approximate surface area is 99.1 Å². The first-order valence-corrected chi connectivity index (χ1v) is 5.36. The van der Waals surface area contributed by atoms with Crippen molar-refractivity contribution in [2.45, 2.75) is 20.4 Å². The standard InChI is InChI=1S/C12H13N3O2/c1-3-15-8-11(7-14-15)17-12-6-10(9(2)16)4-5-13-12/h4-8H,3H2,1-2H3. The van der Waals surface area contributed by atoms with Crippen LogP contribution in [0.15, 0.2) is 30.7 Å². The summed E-state index contributed by atoms with van der Waals surface area (Å²) in [5.74, 6) is 0.995. The second-order valence-corrected chi connectivity index (χ2v) is 3.57. The Morgan fingerprint density at radius 2 is 2.35 bits per heavy atom. The number of carbonyl (C=O) groups is 1. The molecule has 0 aromatic carbocycles. The molecule has 0 unspecified atom stereocenters. The SMILES string of the molecule is CCn1cc(Oc2cc(C(C)=O)ccn2)cn1. The molecule has 0 N–H and O–H groups in total. The van der Waals surface area contributed by atoms with Gasteiger partial charge in [-0.1, -0.05) is 0 Å². The zero-order chi connectivity index (χ0) is 12.3. The lowest BCUT2D eigenvalue weighted by Gasteiger charge is -2.02. The number of carbonyl (C=O) groups excluding carboxylic acids is 1. The number of rotatable bonds is 4. The van der Waals surface area contributed by atoms with Gasteiger partial charge in [0, 0.05) is 24.4 Å². The molecule has 5 nitrogen and oxygen atoms in total. The average molecular weight is 231 g/mol. The van der Waals surface area contributed by atoms with Crippen LogP contribution in [0.25, 0.3) is 0 Å². The second kappa shape index (κ2) is 4.78. The van der Waals surface area contributed by atoms with E-state index >= 15 is 0 Å². The van der Waals surface area contributed by atoms with Crippen molar-refractivity contribution >= 4 is 5.78 Å². The summed E-state index contributed by atoms with van der Waals surface area (Å²) in [5, 5.41) is 4.09. The first-order valence-electron chi connectivity index (χ1n) is 5.36. The Balaban J connectivity index is 2.18. The normalized spacial score (nSPS) is 10.2. The molecule has 0 aliphatic carbocycles. The fraction of sp³-hybridized carbons (Fsp3) is 0.250. The van der Waals surface area contributed by atoms with Crippen molar-refractivity contribution in [1.82, 2.24) is 14.8 Å². The maximum Gasteiger partial charge on any atom is 0.220 e. The molecular formula is C12H13N3O2. The molecule has 5 heteroatoms. The van der Waals surface area contributed by atoms with Gasteiger partial charge in [-0.05, 0) is 19.9 Å². The van der Waals surface area contributed by atoms with E-state index in [0.29, 0.717) is 17.2 Å². The predicted molar refractivity (Wildman–Crippen MR) is 62.2 cm³/mol. The maximum atomic E-state index is 11.2. The first kappa shape index (κ1) is 11.3. The van der Waals surface area contributed by atoms with Gasteiger partial charge in [0.25, 0.3) is 0 Å². The third-order valence-electron chi connectivity index (χ3n) is 2.30. The molecule has 0 fully saturated rings. The molecule has 0 aliphatic rings. The van der Waals surface area contributed by atoms with E-state index < -0.39 is 0 Å². The lowest BCUT2D eigenvalue weighted by atomic mass is 10.2. The van der Waals surface area contributed by atoms with Gasteiger partial charge in [0.1, 0.15) is 0 Å². The fourth-order valence-corrected chi connectivity index (χ4v) is 1.38. The molecule has 0 radical (unpaired) electrons. The Morgan fingerprint density at radius 3 is 3.00 bits per heavy atom. The summed E-state index contributed by atoms with van der Waals surface area (Å²) in [5.41, 5.74) is 0.581. The highest BCUT2D eigenvalue weighted by Gasteiger charge is 2.05. The van der Waals surface area contributed by atoms with Gasteiger partial charge in [-0.3, -0.25) is 9.48 Å². The largest absolute Gasteiger partial charge is 0.436 e. The number of hydrogen-bond acceptors (Lipinski definition) is 4. The molecule has 0 aliphatic heterocycles. The number of ketones is 1. The van der Waals surface area contributed by atoms with Crippen LogP contribution in [0.2, 0.25) is 0 Å². The summed E-state index contributed by atoms with van der Waals surface area (Å²) in [6.45, 7) is 4.28. The van der Waals surface area contributed by atoms with E-state index in [-0.39, 0.29) is 5.78 Å². The van der Waals surface area contributed by atoms with Gasteiger partial charge >= 0.3 is 0 Å². The molecule has 2 aromatic heterocycles. The number of nitrogens with zero attached hydrogens (tertiary/aromatic N) is 3. The smallest absolute Gasteiger partial charge is 0.220 e. The Kier molecular flexibility index (Phi) is 3.18. The van der Waals surface area contributed by atoms with Crippen LogP contribution in [0.5, 0.6) is 11.6 Å². The van der Waals surface area contributed by atoms with Crippen LogP contribution in [0.3, 0.4) is 0 Å². The van der Waals surface area contributed by atoms with E-state index in [2.05, 4.69) is 10.1 Å². The van der Waals surface area contributed by atoms with Crippen LogP contribution >= 0.6 is 0 Å². The first-order chi connectivity index (χ1) is 8.19. The van der Waals surface area contributed by atoms with Gasteiger partial charge < -0.3 is 4.74 Å². The zero-order valence-electron chi connectivity index (χ0n) is 9.75. The van der Waals surface area contributed by atoms with E-state index in [1.165, 1.54) is 6.92 Å². The van der Waals surface area contributed by atoms with Gasteiger partial charge in [0.15, 0.2) is 11.5 Å². The van der Waals surface area contributed by atoms with E-state index in [9.17, 15) is 4.79 Å². The molecule has 0 spiro atoms. The minimum Gasteiger partial charge on any atom is -0.436 e. The molecule has 0 bridgehead atoms. The van der Waals surface area contributed by atoms with Crippen molar-refractivity contribution in [2.24, 2.45) is 0 Å². The predicted octanol–water partition coefficient (Wildman–Crippen LogP) is 2.29. The molecule has 0 atom stereocenters. The number of aryl methyl sites for hydroxylation is 1. The number of Topliss-reactive ketones (excluding diaryl/α,β-unsaturated/α-hetero) is 1. The lowest BCUT2D eigenvalue weighted by Crippen LogP contribution is -1.94. The summed E-state index contributed by atoms with van der Waals surface area (Å²) < 4.78 is 7.26. The van der Waals surface area contributed by atoms with Crippen molar-refractivity contribution in [3.8, 4) is 11.6 Å². The topological polar surface area (TPSA) is 57.0 Å². The number of hydrogen-bond donors (Lipinski definition) is 0. The third kappa shape index (κ3) is 2.69. The van der Waals surface area contributed by atoms with Crippen molar-refractivity contribution in [1.29, 1.82) is 0 Å². The van der Waals surface area contributed by atoms with E-state index in [1.54, 1.807) is 35.4 Å². The van der Waals surface area contributed by atoms with E-state index in [1.807, 2.05) is 6.92 Å². The van der Waals surface area contributed by atoms with Crippen molar-refractivity contribution < 1.29 is 9.53 Å². The van der Waals surface area contributed by atoms with Crippen molar-refractivity contribution in [2.75, 3.05) is 0 Å². The summed E-state index contributed by atoms with van der Waals surface area (Å²) in [4.78, 5) is 15.2. The summed E-state index contributed by atoms with van der Waals surface area (Å²) in [6.07, 6.45) is 4.95. The molecule has 2 aromatic rings. The molecule has 0 saturated heterocycles. The van der Waals surface area contributed by atoms with Crippen LogP contribution < -0.4 is 4.74 Å². The second-order valence-electron chi connectivity index (χ2n) is 3.57. The van der Waals surface area contributed by atoms with Gasteiger partial charge in [-0.2, -0.15) is 5.10 Å². The highest BCUT2D eigenvalue weighted by molar-refractivity contribution is 5.94. The van der Waals surface area contributed by atoms with Crippen LogP contribution in [0.4, 0.5) is 0 Å². The Hall–Kier alpha value is -2.17. The molecule has 17 heavy (non-hydrogen) atoms. The molecule has 0 saturated carbocycles. The number of ether oxygens (including phenoxy) is 1. The highest BCUT2D eigenvalue weighted by Crippen LogP contribution is 2.19. The van der Waals surface area contributed by atoms with Crippen molar-refractivity contribution in [3.05, 3.63) is 36.3 Å². The van der Waals surface area contributed by atoms with E-state index in [0.717, 1.165) is 6.54 Å². The molecular weight excluding hydrogens is 218 g/mol. The maximum absolute atomic E-state index is 11.2.